The highest BCUT2D eigenvalue weighted by atomic mass is 32.2. The Kier molecular flexibility index (Phi) is 4.61. The van der Waals surface area contributed by atoms with Crippen molar-refractivity contribution < 1.29 is 8.42 Å². The molecule has 0 fully saturated rings. The number of rotatable bonds is 4. The van der Waals surface area contributed by atoms with Gasteiger partial charge in [-0.3, -0.25) is 0 Å². The Morgan fingerprint density at radius 3 is 2.33 bits per heavy atom. The van der Waals surface area contributed by atoms with Crippen molar-refractivity contribution in [3.05, 3.63) is 87.6 Å². The van der Waals surface area contributed by atoms with Crippen LogP contribution < -0.4 is 0 Å². The molecule has 1 aliphatic heterocycles. The molecule has 1 aromatic heterocycles. The van der Waals surface area contributed by atoms with Crippen LogP contribution in [0.2, 0.25) is 0 Å². The maximum atomic E-state index is 13.5. The van der Waals surface area contributed by atoms with Crippen molar-refractivity contribution in [2.24, 2.45) is 5.10 Å². The Labute approximate surface area is 163 Å². The molecule has 0 aliphatic carbocycles. The van der Waals surface area contributed by atoms with Gasteiger partial charge in [-0.05, 0) is 48.1 Å². The molecule has 0 saturated carbocycles. The molecule has 0 saturated heterocycles. The van der Waals surface area contributed by atoms with E-state index in [2.05, 4.69) is 5.10 Å². The van der Waals surface area contributed by atoms with Crippen molar-refractivity contribution in [2.75, 3.05) is 0 Å². The minimum Gasteiger partial charge on any atom is -0.200 e. The summed E-state index contributed by atoms with van der Waals surface area (Å²) in [5, 5.41) is 6.58. The fraction of sp³-hybridized carbons (Fsp3) is 0.190. The molecule has 0 unspecified atom stereocenters. The highest BCUT2D eigenvalue weighted by molar-refractivity contribution is 7.89. The number of hydrogen-bond donors (Lipinski definition) is 0. The third kappa shape index (κ3) is 3.19. The lowest BCUT2D eigenvalue weighted by molar-refractivity contribution is 0.370. The zero-order valence-electron chi connectivity index (χ0n) is 15.2. The summed E-state index contributed by atoms with van der Waals surface area (Å²) in [7, 11) is -3.76. The van der Waals surface area contributed by atoms with Gasteiger partial charge in [-0.15, -0.1) is 11.3 Å². The lowest BCUT2D eigenvalue weighted by Crippen LogP contribution is -2.28. The van der Waals surface area contributed by atoms with Crippen LogP contribution in [-0.4, -0.2) is 18.5 Å². The third-order valence-corrected chi connectivity index (χ3v) is 7.60. The fourth-order valence-corrected chi connectivity index (χ4v) is 5.82. The summed E-state index contributed by atoms with van der Waals surface area (Å²) in [5.74, 6) is 0. The van der Waals surface area contributed by atoms with Gasteiger partial charge < -0.3 is 0 Å². The zero-order chi connectivity index (χ0) is 19.0. The van der Waals surface area contributed by atoms with Gasteiger partial charge in [0.1, 0.15) is 0 Å². The third-order valence-electron chi connectivity index (χ3n) is 4.84. The number of nitrogens with zero attached hydrogens (tertiary/aromatic N) is 2. The summed E-state index contributed by atoms with van der Waals surface area (Å²) in [5.41, 5.74) is 3.59. The standard InChI is InChI=1S/C21H20N2O2S2/c1-15-8-3-5-10-17(15)19-14-18(20-11-7-13-26-20)22-23(19)27(24,25)21-12-6-4-9-16(21)2/h3-13,19H,14H2,1-2H3/t19-/m0/s1. The molecule has 138 valence electrons. The van der Waals surface area contributed by atoms with E-state index in [1.54, 1.807) is 23.5 Å². The lowest BCUT2D eigenvalue weighted by Gasteiger charge is -2.25. The second-order valence-electron chi connectivity index (χ2n) is 6.64. The van der Waals surface area contributed by atoms with Crippen LogP contribution in [0.5, 0.6) is 0 Å². The Morgan fingerprint density at radius 2 is 1.67 bits per heavy atom. The monoisotopic (exact) mass is 396 g/mol. The normalized spacial score (nSPS) is 17.2. The molecule has 4 rings (SSSR count). The molecular weight excluding hydrogens is 376 g/mol. The average molecular weight is 397 g/mol. The molecule has 3 aromatic rings. The molecule has 27 heavy (non-hydrogen) atoms. The van der Waals surface area contributed by atoms with Gasteiger partial charge in [0.15, 0.2) is 0 Å². The first-order valence-corrected chi connectivity index (χ1v) is 11.1. The quantitative estimate of drug-likeness (QED) is 0.629. The first-order valence-electron chi connectivity index (χ1n) is 8.75. The van der Waals surface area contributed by atoms with E-state index in [9.17, 15) is 8.42 Å². The maximum absolute atomic E-state index is 13.5. The summed E-state index contributed by atoms with van der Waals surface area (Å²) in [6.07, 6.45) is 0.566. The zero-order valence-corrected chi connectivity index (χ0v) is 16.8. The van der Waals surface area contributed by atoms with Gasteiger partial charge in [0.05, 0.1) is 21.5 Å². The molecule has 0 bridgehead atoms. The molecule has 1 atom stereocenters. The number of benzene rings is 2. The van der Waals surface area contributed by atoms with E-state index in [4.69, 9.17) is 0 Å². The van der Waals surface area contributed by atoms with Crippen molar-refractivity contribution in [1.82, 2.24) is 4.41 Å². The van der Waals surface area contributed by atoms with Crippen molar-refractivity contribution in [2.45, 2.75) is 31.2 Å². The van der Waals surface area contributed by atoms with E-state index >= 15 is 0 Å². The van der Waals surface area contributed by atoms with Gasteiger partial charge in [-0.1, -0.05) is 48.5 Å². The van der Waals surface area contributed by atoms with E-state index in [1.165, 1.54) is 4.41 Å². The van der Waals surface area contributed by atoms with Crippen molar-refractivity contribution in [3.63, 3.8) is 0 Å². The maximum Gasteiger partial charge on any atom is 0.279 e. The SMILES string of the molecule is Cc1ccccc1[C@@H]1CC(c2cccs2)=NN1S(=O)(=O)c1ccccc1C. The molecule has 1 aliphatic rings. The first-order chi connectivity index (χ1) is 13.0. The van der Waals surface area contributed by atoms with E-state index in [0.717, 1.165) is 27.3 Å². The molecule has 0 amide bonds. The highest BCUT2D eigenvalue weighted by Gasteiger charge is 2.38. The predicted octanol–water partition coefficient (Wildman–Crippen LogP) is 4.90. The van der Waals surface area contributed by atoms with Crippen molar-refractivity contribution >= 4 is 27.1 Å². The Hall–Kier alpha value is -2.44. The van der Waals surface area contributed by atoms with Gasteiger partial charge >= 0.3 is 0 Å². The average Bonchev–Trinajstić information content (AvgIpc) is 3.32. The smallest absolute Gasteiger partial charge is 0.200 e. The minimum atomic E-state index is -3.76. The molecule has 2 heterocycles. The first kappa shape index (κ1) is 17.9. The number of hydrazone groups is 1. The summed E-state index contributed by atoms with van der Waals surface area (Å²) in [6, 6.07) is 18.6. The van der Waals surface area contributed by atoms with Crippen LogP contribution in [0, 0.1) is 13.8 Å². The van der Waals surface area contributed by atoms with Crippen LogP contribution in [-0.2, 0) is 10.0 Å². The largest absolute Gasteiger partial charge is 0.279 e. The van der Waals surface area contributed by atoms with E-state index < -0.39 is 10.0 Å². The minimum absolute atomic E-state index is 0.305. The fourth-order valence-electron chi connectivity index (χ4n) is 3.44. The molecule has 2 aromatic carbocycles. The Balaban J connectivity index is 1.85. The number of thiophene rings is 1. The van der Waals surface area contributed by atoms with Crippen LogP contribution in [0.3, 0.4) is 0 Å². The molecule has 6 heteroatoms. The van der Waals surface area contributed by atoms with E-state index in [-0.39, 0.29) is 6.04 Å². The van der Waals surface area contributed by atoms with Crippen LogP contribution in [0.25, 0.3) is 0 Å². The molecule has 0 N–H and O–H groups in total. The molecule has 0 spiro atoms. The van der Waals surface area contributed by atoms with E-state index in [0.29, 0.717) is 11.3 Å². The number of sulfonamides is 1. The molecular formula is C21H20N2O2S2. The summed E-state index contributed by atoms with van der Waals surface area (Å²) in [6.45, 7) is 3.83. The van der Waals surface area contributed by atoms with Crippen LogP contribution in [0.15, 0.2) is 76.0 Å². The summed E-state index contributed by atoms with van der Waals surface area (Å²) < 4.78 is 28.3. The second-order valence-corrected chi connectivity index (χ2v) is 9.36. The Morgan fingerprint density at radius 1 is 0.963 bits per heavy atom. The van der Waals surface area contributed by atoms with E-state index in [1.807, 2.05) is 67.8 Å². The van der Waals surface area contributed by atoms with Gasteiger partial charge in [0.2, 0.25) is 0 Å². The predicted molar refractivity (Wildman–Crippen MR) is 110 cm³/mol. The van der Waals surface area contributed by atoms with Gasteiger partial charge in [0.25, 0.3) is 10.0 Å². The van der Waals surface area contributed by atoms with Gasteiger partial charge in [-0.25, -0.2) is 0 Å². The molecule has 0 radical (unpaired) electrons. The highest BCUT2D eigenvalue weighted by Crippen LogP contribution is 2.39. The van der Waals surface area contributed by atoms with Crippen LogP contribution in [0.1, 0.15) is 34.0 Å². The number of hydrogen-bond acceptors (Lipinski definition) is 4. The number of aryl methyl sites for hydroxylation is 2. The summed E-state index contributed by atoms with van der Waals surface area (Å²) in [4.78, 5) is 1.32. The second kappa shape index (κ2) is 6.94. The van der Waals surface area contributed by atoms with Crippen molar-refractivity contribution in [3.8, 4) is 0 Å². The van der Waals surface area contributed by atoms with Gasteiger partial charge in [0, 0.05) is 6.42 Å². The Bertz CT molecular complexity index is 1100. The molecule has 4 nitrogen and oxygen atoms in total. The van der Waals surface area contributed by atoms with Crippen molar-refractivity contribution in [1.29, 1.82) is 0 Å². The topological polar surface area (TPSA) is 49.7 Å². The van der Waals surface area contributed by atoms with Crippen LogP contribution in [0.4, 0.5) is 0 Å². The summed E-state index contributed by atoms with van der Waals surface area (Å²) >= 11 is 1.58. The lowest BCUT2D eigenvalue weighted by atomic mass is 9.98. The van der Waals surface area contributed by atoms with Gasteiger partial charge in [-0.2, -0.15) is 17.9 Å². The van der Waals surface area contributed by atoms with Crippen LogP contribution >= 0.6 is 11.3 Å².